The zero-order valence-corrected chi connectivity index (χ0v) is 16.6. The molecule has 0 fully saturated rings. The van der Waals surface area contributed by atoms with Gasteiger partial charge in [-0.2, -0.15) is 0 Å². The molecule has 0 aliphatic rings. The smallest absolute Gasteiger partial charge is 0.331 e. The van der Waals surface area contributed by atoms with Crippen LogP contribution in [0.2, 0.25) is 0 Å². The number of hydrogen-bond acceptors (Lipinski definition) is 7. The van der Waals surface area contributed by atoms with Crippen LogP contribution in [-0.4, -0.2) is 38.5 Å². The average molecular weight is 403 g/mol. The summed E-state index contributed by atoms with van der Waals surface area (Å²) in [5.41, 5.74) is 0.674. The second kappa shape index (κ2) is 10.3. The van der Waals surface area contributed by atoms with Crippen LogP contribution in [0.1, 0.15) is 27.0 Å². The van der Waals surface area contributed by atoms with E-state index in [1.54, 1.807) is 43.5 Å². The summed E-state index contributed by atoms with van der Waals surface area (Å²) in [6, 6.07) is 8.59. The van der Waals surface area contributed by atoms with Gasteiger partial charge in [-0.05, 0) is 30.3 Å². The fraction of sp³-hybridized carbons (Fsp3) is 0.250. The van der Waals surface area contributed by atoms with Crippen molar-refractivity contribution in [2.24, 2.45) is 0 Å². The highest BCUT2D eigenvalue weighted by Gasteiger charge is 2.12. The molecule has 0 aliphatic carbocycles. The van der Waals surface area contributed by atoms with Gasteiger partial charge in [0, 0.05) is 29.5 Å². The molecule has 0 unspecified atom stereocenters. The van der Waals surface area contributed by atoms with Crippen molar-refractivity contribution < 1.29 is 28.6 Å². The summed E-state index contributed by atoms with van der Waals surface area (Å²) in [7, 11) is 3.07. The molecule has 7 nitrogen and oxygen atoms in total. The predicted octanol–water partition coefficient (Wildman–Crippen LogP) is 2.84. The summed E-state index contributed by atoms with van der Waals surface area (Å²) in [6.07, 6.45) is 2.77. The lowest BCUT2D eigenvalue weighted by atomic mass is 10.2. The van der Waals surface area contributed by atoms with Crippen LogP contribution in [0.15, 0.2) is 36.4 Å². The summed E-state index contributed by atoms with van der Waals surface area (Å²) < 4.78 is 15.4. The van der Waals surface area contributed by atoms with Crippen LogP contribution < -0.4 is 14.8 Å². The van der Waals surface area contributed by atoms with E-state index in [9.17, 15) is 14.4 Å². The monoisotopic (exact) mass is 403 g/mol. The Hall–Kier alpha value is -3.13. The number of methoxy groups -OCH3 is 2. The van der Waals surface area contributed by atoms with Crippen molar-refractivity contribution in [3.63, 3.8) is 0 Å². The maximum atomic E-state index is 12.1. The van der Waals surface area contributed by atoms with E-state index < -0.39 is 5.97 Å². The summed E-state index contributed by atoms with van der Waals surface area (Å²) in [6.45, 7) is 1.43. The lowest BCUT2D eigenvalue weighted by Crippen LogP contribution is -2.18. The molecule has 148 valence electrons. The lowest BCUT2D eigenvalue weighted by molar-refractivity contribution is -0.136. The molecule has 8 heteroatoms. The quantitative estimate of drug-likeness (QED) is 0.393. The number of benzene rings is 1. The molecule has 1 N–H and O–H groups in total. The lowest BCUT2D eigenvalue weighted by Gasteiger charge is -2.07. The number of carbonyl (C=O) groups excluding carboxylic acids is 3. The van der Waals surface area contributed by atoms with E-state index in [4.69, 9.17) is 14.2 Å². The number of esters is 1. The van der Waals surface area contributed by atoms with Gasteiger partial charge in [0.05, 0.1) is 25.6 Å². The van der Waals surface area contributed by atoms with Crippen molar-refractivity contribution in [1.29, 1.82) is 0 Å². The maximum absolute atomic E-state index is 12.1. The number of Topliss-reactive ketones (excluding diaryl/α,β-unsaturated/α-hetero) is 1. The zero-order valence-electron chi connectivity index (χ0n) is 15.8. The number of carbonyl (C=O) groups is 3. The van der Waals surface area contributed by atoms with Gasteiger partial charge in [0.2, 0.25) is 11.7 Å². The highest BCUT2D eigenvalue weighted by molar-refractivity contribution is 7.14. The Morgan fingerprint density at radius 2 is 1.89 bits per heavy atom. The Bertz CT molecular complexity index is 887. The third-order valence-electron chi connectivity index (χ3n) is 3.63. The molecule has 28 heavy (non-hydrogen) atoms. The van der Waals surface area contributed by atoms with E-state index in [-0.39, 0.29) is 18.3 Å². The first-order chi connectivity index (χ1) is 13.4. The number of nitrogens with one attached hydrogen (secondary N) is 1. The van der Waals surface area contributed by atoms with Crippen LogP contribution in [0.5, 0.6) is 11.5 Å². The minimum absolute atomic E-state index is 0.143. The van der Waals surface area contributed by atoms with Crippen LogP contribution >= 0.6 is 11.3 Å². The van der Waals surface area contributed by atoms with Crippen LogP contribution in [0.4, 0.5) is 0 Å². The Kier molecular flexibility index (Phi) is 7.76. The molecule has 0 atom stereocenters. The number of ketones is 1. The summed E-state index contributed by atoms with van der Waals surface area (Å²) in [5, 5.41) is 2.66. The molecule has 1 aromatic heterocycles. The number of thiophene rings is 1. The topological polar surface area (TPSA) is 90.9 Å². The van der Waals surface area contributed by atoms with Crippen molar-refractivity contribution in [3.8, 4) is 11.5 Å². The van der Waals surface area contributed by atoms with E-state index in [1.165, 1.54) is 31.4 Å². The van der Waals surface area contributed by atoms with Crippen molar-refractivity contribution >= 4 is 35.1 Å². The minimum atomic E-state index is -0.638. The first kappa shape index (κ1) is 21.2. The van der Waals surface area contributed by atoms with Crippen molar-refractivity contribution in [2.75, 3.05) is 20.8 Å². The number of amides is 1. The van der Waals surface area contributed by atoms with E-state index in [0.29, 0.717) is 28.5 Å². The molecule has 1 amide bonds. The highest BCUT2D eigenvalue weighted by Crippen LogP contribution is 2.25. The molecular formula is C20H21NO6S. The third-order valence-corrected chi connectivity index (χ3v) is 4.76. The SMILES string of the molecule is COc1ccc(/C=C/C(=O)OCC(=O)c2ccc(CNC(C)=O)s2)c(OC)c1. The van der Waals surface area contributed by atoms with Gasteiger partial charge in [0.25, 0.3) is 0 Å². The van der Waals surface area contributed by atoms with E-state index in [0.717, 1.165) is 4.88 Å². The largest absolute Gasteiger partial charge is 0.497 e. The fourth-order valence-electron chi connectivity index (χ4n) is 2.20. The fourth-order valence-corrected chi connectivity index (χ4v) is 3.08. The second-order valence-electron chi connectivity index (χ2n) is 5.65. The average Bonchev–Trinajstić information content (AvgIpc) is 3.17. The van der Waals surface area contributed by atoms with Crippen LogP contribution in [0.25, 0.3) is 6.08 Å². The zero-order chi connectivity index (χ0) is 20.5. The Labute approximate surface area is 166 Å². The Morgan fingerprint density at radius 3 is 2.57 bits per heavy atom. The van der Waals surface area contributed by atoms with Gasteiger partial charge in [0.1, 0.15) is 11.5 Å². The molecular weight excluding hydrogens is 382 g/mol. The van der Waals surface area contributed by atoms with Crippen LogP contribution in [-0.2, 0) is 20.9 Å². The van der Waals surface area contributed by atoms with Gasteiger partial charge < -0.3 is 19.5 Å². The van der Waals surface area contributed by atoms with Gasteiger partial charge in [-0.3, -0.25) is 9.59 Å². The first-order valence-electron chi connectivity index (χ1n) is 8.36. The van der Waals surface area contributed by atoms with E-state index in [2.05, 4.69) is 5.32 Å². The summed E-state index contributed by atoms with van der Waals surface area (Å²) >= 11 is 1.25. The molecule has 0 aliphatic heterocycles. The number of hydrogen-bond donors (Lipinski definition) is 1. The van der Waals surface area contributed by atoms with Gasteiger partial charge >= 0.3 is 5.97 Å². The van der Waals surface area contributed by atoms with Gasteiger partial charge in [-0.15, -0.1) is 11.3 Å². The van der Waals surface area contributed by atoms with Gasteiger partial charge in [-0.1, -0.05) is 0 Å². The van der Waals surface area contributed by atoms with Crippen molar-refractivity contribution in [1.82, 2.24) is 5.32 Å². The molecule has 0 saturated heterocycles. The molecule has 0 radical (unpaired) electrons. The van der Waals surface area contributed by atoms with E-state index >= 15 is 0 Å². The van der Waals surface area contributed by atoms with E-state index in [1.807, 2.05) is 0 Å². The van der Waals surface area contributed by atoms with Crippen molar-refractivity contribution in [2.45, 2.75) is 13.5 Å². The van der Waals surface area contributed by atoms with Crippen LogP contribution in [0.3, 0.4) is 0 Å². The number of ether oxygens (including phenoxy) is 3. The highest BCUT2D eigenvalue weighted by atomic mass is 32.1. The Balaban J connectivity index is 1.89. The molecule has 2 rings (SSSR count). The van der Waals surface area contributed by atoms with Gasteiger partial charge in [-0.25, -0.2) is 4.79 Å². The summed E-state index contributed by atoms with van der Waals surface area (Å²) in [5.74, 6) is 0.0975. The molecule has 1 heterocycles. The first-order valence-corrected chi connectivity index (χ1v) is 9.17. The molecule has 0 spiro atoms. The molecule has 0 saturated carbocycles. The standard InChI is InChI=1S/C20H21NO6S/c1-13(22)21-11-16-7-8-19(28-16)17(23)12-27-20(24)9-5-14-4-6-15(25-2)10-18(14)26-3/h4-10H,11-12H2,1-3H3,(H,21,22)/b9-5+. The molecule has 0 bridgehead atoms. The maximum Gasteiger partial charge on any atom is 0.331 e. The predicted molar refractivity (Wildman–Crippen MR) is 106 cm³/mol. The Morgan fingerprint density at radius 1 is 1.11 bits per heavy atom. The number of rotatable bonds is 9. The molecule has 2 aromatic rings. The van der Waals surface area contributed by atoms with Gasteiger partial charge in [0.15, 0.2) is 6.61 Å². The summed E-state index contributed by atoms with van der Waals surface area (Å²) in [4.78, 5) is 36.3. The van der Waals surface area contributed by atoms with Crippen LogP contribution in [0, 0.1) is 0 Å². The minimum Gasteiger partial charge on any atom is -0.497 e. The second-order valence-corrected chi connectivity index (χ2v) is 6.82. The third kappa shape index (κ3) is 6.24. The molecule has 1 aromatic carbocycles. The van der Waals surface area contributed by atoms with Crippen molar-refractivity contribution in [3.05, 3.63) is 51.7 Å². The normalized spacial score (nSPS) is 10.5.